The van der Waals surface area contributed by atoms with Crippen molar-refractivity contribution in [1.29, 1.82) is 0 Å². The van der Waals surface area contributed by atoms with E-state index >= 15 is 0 Å². The third kappa shape index (κ3) is 2.82. The Hall–Kier alpha value is -1.05. The first-order valence-electron chi connectivity index (χ1n) is 6.88. The van der Waals surface area contributed by atoms with Crippen LogP contribution in [-0.4, -0.2) is 34.9 Å². The number of hydrogen-bond donors (Lipinski definition) is 1. The first-order valence-corrected chi connectivity index (χ1v) is 8.09. The van der Waals surface area contributed by atoms with E-state index in [1.165, 1.54) is 0 Å². The fourth-order valence-corrected chi connectivity index (χ4v) is 4.57. The highest BCUT2D eigenvalue weighted by atomic mass is 32.2. The van der Waals surface area contributed by atoms with E-state index in [1.54, 1.807) is 0 Å². The minimum Gasteiger partial charge on any atom is -0.399 e. The minimum absolute atomic E-state index is 0.0154. The van der Waals surface area contributed by atoms with Crippen molar-refractivity contribution in [1.82, 2.24) is 0 Å². The van der Waals surface area contributed by atoms with Crippen LogP contribution < -0.4 is 5.73 Å². The molecule has 2 N–H and O–H groups in total. The number of nitrogens with two attached hydrogens (primary N) is 1. The maximum absolute atomic E-state index is 13.9. The second-order valence-electron chi connectivity index (χ2n) is 5.56. The van der Waals surface area contributed by atoms with E-state index in [0.717, 1.165) is 18.6 Å². The summed E-state index contributed by atoms with van der Waals surface area (Å²) in [5, 5.41) is -0.340. The zero-order valence-corrected chi connectivity index (χ0v) is 12.3. The van der Waals surface area contributed by atoms with Gasteiger partial charge >= 0.3 is 0 Å². The van der Waals surface area contributed by atoms with Crippen molar-refractivity contribution in [3.63, 3.8) is 0 Å². The molecule has 1 spiro atoms. The maximum atomic E-state index is 13.9. The van der Waals surface area contributed by atoms with Crippen LogP contribution in [0, 0.1) is 11.6 Å². The quantitative estimate of drug-likeness (QED) is 0.848. The number of benzene rings is 1. The Morgan fingerprint density at radius 3 is 2.62 bits per heavy atom. The third-order valence-electron chi connectivity index (χ3n) is 4.04. The predicted molar refractivity (Wildman–Crippen MR) is 74.3 cm³/mol. The second-order valence-corrected chi connectivity index (χ2v) is 7.23. The Balaban J connectivity index is 1.85. The van der Waals surface area contributed by atoms with Gasteiger partial charge in [0.2, 0.25) is 0 Å². The van der Waals surface area contributed by atoms with E-state index in [-0.39, 0.29) is 15.8 Å². The molecule has 7 heteroatoms. The van der Waals surface area contributed by atoms with E-state index in [2.05, 4.69) is 0 Å². The molecule has 4 nitrogen and oxygen atoms in total. The molecule has 0 radical (unpaired) electrons. The van der Waals surface area contributed by atoms with E-state index in [4.69, 9.17) is 15.2 Å². The van der Waals surface area contributed by atoms with Gasteiger partial charge < -0.3 is 15.2 Å². The number of rotatable bonds is 2. The molecule has 0 amide bonds. The van der Waals surface area contributed by atoms with Crippen molar-refractivity contribution in [2.45, 2.75) is 35.0 Å². The lowest BCUT2D eigenvalue weighted by Crippen LogP contribution is -2.43. The van der Waals surface area contributed by atoms with Crippen LogP contribution in [0.25, 0.3) is 0 Å². The summed E-state index contributed by atoms with van der Waals surface area (Å²) in [6.07, 6.45) is 1.73. The predicted octanol–water partition coefficient (Wildman–Crippen LogP) is 1.99. The Morgan fingerprint density at radius 2 is 2.00 bits per heavy atom. The van der Waals surface area contributed by atoms with Gasteiger partial charge in [0.1, 0.15) is 16.5 Å². The van der Waals surface area contributed by atoms with Gasteiger partial charge in [-0.1, -0.05) is 0 Å². The van der Waals surface area contributed by atoms with E-state index in [9.17, 15) is 13.0 Å². The molecule has 0 aliphatic carbocycles. The van der Waals surface area contributed by atoms with Crippen LogP contribution in [0.4, 0.5) is 14.5 Å². The van der Waals surface area contributed by atoms with Gasteiger partial charge in [0.15, 0.2) is 0 Å². The van der Waals surface area contributed by atoms with Crippen molar-refractivity contribution >= 4 is 16.5 Å². The lowest BCUT2D eigenvalue weighted by molar-refractivity contribution is -0.0774. The number of nitrogen functional groups attached to an aromatic ring is 1. The van der Waals surface area contributed by atoms with Crippen molar-refractivity contribution in [3.8, 4) is 0 Å². The highest BCUT2D eigenvalue weighted by molar-refractivity contribution is 7.85. The monoisotopic (exact) mass is 317 g/mol. The molecular weight excluding hydrogens is 300 g/mol. The van der Waals surface area contributed by atoms with Crippen molar-refractivity contribution < 1.29 is 22.5 Å². The zero-order chi connectivity index (χ0) is 15.0. The molecular formula is C14H17F2NO3S. The van der Waals surface area contributed by atoms with Crippen LogP contribution >= 0.6 is 0 Å². The largest absolute Gasteiger partial charge is 0.399 e. The summed E-state index contributed by atoms with van der Waals surface area (Å²) in [6, 6.07) is 2.01. The number of ether oxygens (including phenoxy) is 2. The summed E-state index contributed by atoms with van der Waals surface area (Å²) in [7, 11) is -1.76. The zero-order valence-electron chi connectivity index (χ0n) is 11.4. The molecule has 21 heavy (non-hydrogen) atoms. The smallest absolute Gasteiger partial charge is 0.144 e. The summed E-state index contributed by atoms with van der Waals surface area (Å²) in [5.74, 6) is -1.71. The van der Waals surface area contributed by atoms with Gasteiger partial charge in [0, 0.05) is 30.6 Å². The second kappa shape index (κ2) is 5.62. The number of anilines is 1. The van der Waals surface area contributed by atoms with Gasteiger partial charge in [0.25, 0.3) is 0 Å². The average Bonchev–Trinajstić information content (AvgIpc) is 2.85. The van der Waals surface area contributed by atoms with E-state index in [0.29, 0.717) is 32.7 Å². The summed E-state index contributed by atoms with van der Waals surface area (Å²) >= 11 is 0. The molecule has 2 saturated heterocycles. The molecule has 2 aliphatic heterocycles. The molecule has 2 aliphatic rings. The van der Waals surface area contributed by atoms with E-state index < -0.39 is 28.0 Å². The summed E-state index contributed by atoms with van der Waals surface area (Å²) in [5.41, 5.74) is 4.93. The Morgan fingerprint density at radius 1 is 1.29 bits per heavy atom. The molecule has 2 heterocycles. The summed E-state index contributed by atoms with van der Waals surface area (Å²) in [6.45, 7) is 1.48. The summed E-state index contributed by atoms with van der Waals surface area (Å²) in [4.78, 5) is -0.384. The lowest BCUT2D eigenvalue weighted by Gasteiger charge is -2.36. The fourth-order valence-electron chi connectivity index (χ4n) is 2.97. The Kier molecular flexibility index (Phi) is 3.98. The molecule has 3 rings (SSSR count). The van der Waals surface area contributed by atoms with Gasteiger partial charge in [-0.2, -0.15) is 0 Å². The highest BCUT2D eigenvalue weighted by Gasteiger charge is 2.43. The first kappa shape index (κ1) is 14.9. The molecule has 0 bridgehead atoms. The van der Waals surface area contributed by atoms with Gasteiger partial charge in [-0.15, -0.1) is 0 Å². The van der Waals surface area contributed by atoms with Gasteiger partial charge in [-0.3, -0.25) is 4.21 Å². The van der Waals surface area contributed by atoms with Gasteiger partial charge in [0.05, 0.1) is 23.0 Å². The molecule has 2 fully saturated rings. The SMILES string of the molecule is Nc1cc(F)c(S(=O)C2CCOC3(CCOC3)C2)c(F)c1. The molecule has 116 valence electrons. The third-order valence-corrected chi connectivity index (χ3v) is 5.84. The Labute approximate surface area is 124 Å². The minimum atomic E-state index is -1.76. The van der Waals surface area contributed by atoms with Crippen LogP contribution in [0.1, 0.15) is 19.3 Å². The normalized spacial score (nSPS) is 30.7. The topological polar surface area (TPSA) is 61.6 Å². The summed E-state index contributed by atoms with van der Waals surface area (Å²) < 4.78 is 51.5. The van der Waals surface area contributed by atoms with Crippen LogP contribution in [0.5, 0.6) is 0 Å². The van der Waals surface area contributed by atoms with Crippen LogP contribution in [0.2, 0.25) is 0 Å². The highest BCUT2D eigenvalue weighted by Crippen LogP contribution is 2.36. The molecule has 0 saturated carbocycles. The molecule has 1 aromatic carbocycles. The molecule has 3 atom stereocenters. The van der Waals surface area contributed by atoms with Crippen molar-refractivity contribution in [2.24, 2.45) is 0 Å². The van der Waals surface area contributed by atoms with Crippen molar-refractivity contribution in [3.05, 3.63) is 23.8 Å². The van der Waals surface area contributed by atoms with Gasteiger partial charge in [-0.05, 0) is 25.0 Å². The molecule has 0 aromatic heterocycles. The fraction of sp³-hybridized carbons (Fsp3) is 0.571. The lowest BCUT2D eigenvalue weighted by atomic mass is 9.93. The standard InChI is InChI=1S/C14H17F2NO3S/c15-11-5-9(17)6-12(16)13(11)21(18)10-1-3-20-14(7-10)2-4-19-8-14/h5-6,10H,1-4,7-8,17H2. The van der Waals surface area contributed by atoms with Crippen LogP contribution in [-0.2, 0) is 20.3 Å². The molecule has 1 aromatic rings. The van der Waals surface area contributed by atoms with E-state index in [1.807, 2.05) is 0 Å². The van der Waals surface area contributed by atoms with Gasteiger partial charge in [-0.25, -0.2) is 8.78 Å². The first-order chi connectivity index (χ1) is 10.0. The average molecular weight is 317 g/mol. The number of halogens is 2. The van der Waals surface area contributed by atoms with Crippen LogP contribution in [0.3, 0.4) is 0 Å². The Bertz CT molecular complexity index is 552. The maximum Gasteiger partial charge on any atom is 0.144 e. The van der Waals surface area contributed by atoms with Crippen molar-refractivity contribution in [2.75, 3.05) is 25.6 Å². The molecule has 3 unspecified atom stereocenters. The van der Waals surface area contributed by atoms with Crippen LogP contribution in [0.15, 0.2) is 17.0 Å². The number of hydrogen-bond acceptors (Lipinski definition) is 4.